The summed E-state index contributed by atoms with van der Waals surface area (Å²) in [5, 5.41) is 7.48. The lowest BCUT2D eigenvalue weighted by Crippen LogP contribution is -1.97. The number of para-hydroxylation sites is 2. The summed E-state index contributed by atoms with van der Waals surface area (Å²) in [6.07, 6.45) is 0. The van der Waals surface area contributed by atoms with Crippen molar-refractivity contribution >= 4 is 54.4 Å². The largest absolute Gasteiger partial charge is 0.308 e. The molecule has 2 heterocycles. The van der Waals surface area contributed by atoms with Gasteiger partial charge in [0, 0.05) is 38.4 Å². The first-order chi connectivity index (χ1) is 21.3. The van der Waals surface area contributed by atoms with Crippen LogP contribution in [0.25, 0.3) is 82.6 Å². The molecule has 3 nitrogen and oxygen atoms in total. The van der Waals surface area contributed by atoms with Crippen molar-refractivity contribution in [3.63, 3.8) is 0 Å². The zero-order valence-corrected chi connectivity index (χ0v) is 23.3. The third kappa shape index (κ3) is 3.68. The maximum atomic E-state index is 5.13. The summed E-state index contributed by atoms with van der Waals surface area (Å²) < 4.78 is 2.45. The van der Waals surface area contributed by atoms with Gasteiger partial charge in [-0.2, -0.15) is 0 Å². The van der Waals surface area contributed by atoms with Crippen LogP contribution in [0.5, 0.6) is 0 Å². The minimum Gasteiger partial charge on any atom is -0.308 e. The highest BCUT2D eigenvalue weighted by Gasteiger charge is 2.18. The number of rotatable bonds is 3. The molecule has 0 amide bonds. The Kier molecular flexibility index (Phi) is 5.20. The second kappa shape index (κ2) is 9.37. The van der Waals surface area contributed by atoms with Gasteiger partial charge in [0.05, 0.1) is 33.5 Å². The highest BCUT2D eigenvalue weighted by atomic mass is 15.0. The second-order valence-corrected chi connectivity index (χ2v) is 11.0. The van der Waals surface area contributed by atoms with E-state index in [-0.39, 0.29) is 0 Å². The number of nitrogens with zero attached hydrogens (tertiary/aromatic N) is 3. The van der Waals surface area contributed by atoms with Gasteiger partial charge in [0.1, 0.15) is 0 Å². The summed E-state index contributed by atoms with van der Waals surface area (Å²) in [5.74, 6) is 0. The van der Waals surface area contributed by atoms with Crippen LogP contribution in [-0.4, -0.2) is 14.5 Å². The Morgan fingerprint density at radius 2 is 0.814 bits per heavy atom. The summed E-state index contributed by atoms with van der Waals surface area (Å²) in [4.78, 5) is 10.2. The van der Waals surface area contributed by atoms with Gasteiger partial charge in [-0.05, 0) is 35.0 Å². The molecule has 0 N–H and O–H groups in total. The summed E-state index contributed by atoms with van der Waals surface area (Å²) in [7, 11) is 0. The summed E-state index contributed by atoms with van der Waals surface area (Å²) >= 11 is 0. The van der Waals surface area contributed by atoms with Crippen molar-refractivity contribution in [1.29, 1.82) is 0 Å². The number of hydrogen-bond acceptors (Lipinski definition) is 2. The Labute approximate surface area is 248 Å². The van der Waals surface area contributed by atoms with Gasteiger partial charge >= 0.3 is 0 Å². The molecule has 3 heteroatoms. The van der Waals surface area contributed by atoms with Crippen LogP contribution in [-0.2, 0) is 0 Å². The van der Waals surface area contributed by atoms with Crippen LogP contribution < -0.4 is 0 Å². The molecule has 43 heavy (non-hydrogen) atoms. The average molecular weight is 548 g/mol. The zero-order valence-electron chi connectivity index (χ0n) is 23.3. The fraction of sp³-hybridized carbons (Fsp3) is 0. The van der Waals surface area contributed by atoms with Gasteiger partial charge in [-0.25, -0.2) is 9.97 Å². The minimum atomic E-state index is 0.884. The van der Waals surface area contributed by atoms with Crippen LogP contribution in [0.4, 0.5) is 0 Å². The smallest absolute Gasteiger partial charge is 0.0973 e. The lowest BCUT2D eigenvalue weighted by Gasteiger charge is -2.14. The van der Waals surface area contributed by atoms with E-state index in [1.54, 1.807) is 0 Å². The van der Waals surface area contributed by atoms with E-state index in [1.807, 2.05) is 30.3 Å². The second-order valence-electron chi connectivity index (χ2n) is 11.0. The maximum Gasteiger partial charge on any atom is 0.0973 e. The van der Waals surface area contributed by atoms with Gasteiger partial charge in [0.25, 0.3) is 0 Å². The fourth-order valence-electron chi connectivity index (χ4n) is 6.56. The number of aromatic nitrogens is 3. The van der Waals surface area contributed by atoms with Gasteiger partial charge in [-0.1, -0.05) is 127 Å². The SMILES string of the molecule is c1ccc(-c2nc3ccccc3nc2-c2ccc(-n3c4c5ccccc5ccc4c4ccc5ccccc5c43)cc2)cc1. The summed E-state index contributed by atoms with van der Waals surface area (Å²) in [6.45, 7) is 0. The lowest BCUT2D eigenvalue weighted by atomic mass is 10.0. The van der Waals surface area contributed by atoms with Crippen molar-refractivity contribution in [3.8, 4) is 28.2 Å². The highest BCUT2D eigenvalue weighted by Crippen LogP contribution is 2.40. The molecule has 0 atom stereocenters. The van der Waals surface area contributed by atoms with E-state index < -0.39 is 0 Å². The van der Waals surface area contributed by atoms with E-state index in [0.717, 1.165) is 39.2 Å². The molecule has 0 spiro atoms. The predicted molar refractivity (Wildman–Crippen MR) is 180 cm³/mol. The number of benzene rings is 7. The Morgan fingerprint density at radius 1 is 0.349 bits per heavy atom. The first-order valence-corrected chi connectivity index (χ1v) is 14.6. The van der Waals surface area contributed by atoms with Crippen LogP contribution in [0.2, 0.25) is 0 Å². The van der Waals surface area contributed by atoms with Gasteiger partial charge < -0.3 is 4.57 Å². The molecule has 0 aliphatic rings. The normalized spacial score (nSPS) is 11.7. The Hall–Kier alpha value is -5.80. The first-order valence-electron chi connectivity index (χ1n) is 14.6. The third-order valence-corrected chi connectivity index (χ3v) is 8.56. The van der Waals surface area contributed by atoms with Crippen LogP contribution >= 0.6 is 0 Å². The van der Waals surface area contributed by atoms with Crippen molar-refractivity contribution in [2.45, 2.75) is 0 Å². The molecule has 2 aromatic heterocycles. The Balaban J connectivity index is 1.32. The highest BCUT2D eigenvalue weighted by molar-refractivity contribution is 6.23. The quantitative estimate of drug-likeness (QED) is 0.220. The van der Waals surface area contributed by atoms with E-state index in [4.69, 9.17) is 9.97 Å². The minimum absolute atomic E-state index is 0.884. The molecule has 0 radical (unpaired) electrons. The molecule has 9 aromatic rings. The van der Waals surface area contributed by atoms with E-state index in [0.29, 0.717) is 0 Å². The van der Waals surface area contributed by atoms with E-state index in [2.05, 4.69) is 126 Å². The van der Waals surface area contributed by atoms with E-state index in [1.165, 1.54) is 43.4 Å². The van der Waals surface area contributed by atoms with E-state index >= 15 is 0 Å². The van der Waals surface area contributed by atoms with Crippen molar-refractivity contribution in [3.05, 3.63) is 152 Å². The molecule has 0 fully saturated rings. The van der Waals surface area contributed by atoms with Crippen LogP contribution in [0.15, 0.2) is 152 Å². The molecular weight excluding hydrogens is 522 g/mol. The van der Waals surface area contributed by atoms with Crippen molar-refractivity contribution < 1.29 is 0 Å². The van der Waals surface area contributed by atoms with Gasteiger partial charge in [0.2, 0.25) is 0 Å². The van der Waals surface area contributed by atoms with Crippen molar-refractivity contribution in [2.75, 3.05) is 0 Å². The van der Waals surface area contributed by atoms with Crippen LogP contribution in [0.1, 0.15) is 0 Å². The molecule has 0 bridgehead atoms. The summed E-state index contributed by atoms with van der Waals surface area (Å²) in [5.41, 5.74) is 9.23. The third-order valence-electron chi connectivity index (χ3n) is 8.56. The van der Waals surface area contributed by atoms with Crippen molar-refractivity contribution in [1.82, 2.24) is 14.5 Å². The molecule has 0 saturated carbocycles. The van der Waals surface area contributed by atoms with Crippen molar-refractivity contribution in [2.24, 2.45) is 0 Å². The van der Waals surface area contributed by atoms with Gasteiger partial charge in [-0.15, -0.1) is 0 Å². The average Bonchev–Trinajstić information content (AvgIpc) is 3.44. The Morgan fingerprint density at radius 3 is 1.37 bits per heavy atom. The monoisotopic (exact) mass is 547 g/mol. The van der Waals surface area contributed by atoms with Crippen LogP contribution in [0, 0.1) is 0 Å². The summed E-state index contributed by atoms with van der Waals surface area (Å²) in [6, 6.07) is 53.6. The molecule has 0 unspecified atom stereocenters. The topological polar surface area (TPSA) is 30.7 Å². The number of fused-ring (bicyclic) bond motifs is 8. The molecule has 0 saturated heterocycles. The zero-order chi connectivity index (χ0) is 28.3. The van der Waals surface area contributed by atoms with Gasteiger partial charge in [-0.3, -0.25) is 0 Å². The predicted octanol–water partition coefficient (Wildman–Crippen LogP) is 10.4. The molecule has 0 aliphatic carbocycles. The number of hydrogen-bond donors (Lipinski definition) is 0. The maximum absolute atomic E-state index is 5.13. The first kappa shape index (κ1) is 23.9. The molecule has 7 aromatic carbocycles. The van der Waals surface area contributed by atoms with Gasteiger partial charge in [0.15, 0.2) is 0 Å². The molecule has 0 aliphatic heterocycles. The lowest BCUT2D eigenvalue weighted by molar-refractivity contribution is 1.19. The fourth-order valence-corrected chi connectivity index (χ4v) is 6.56. The molecular formula is C40H25N3. The van der Waals surface area contributed by atoms with E-state index in [9.17, 15) is 0 Å². The molecule has 200 valence electrons. The van der Waals surface area contributed by atoms with Crippen LogP contribution in [0.3, 0.4) is 0 Å². The molecule has 9 rings (SSSR count). The standard InChI is InChI=1S/C40H25N3/c1-2-12-28(13-3-1)37-38(42-36-17-9-8-16-35(36)41-37)29-18-22-30(23-19-29)43-39-31-14-6-4-10-26(31)20-24-33(39)34-25-21-27-11-5-7-15-32(27)40(34)43/h1-25H. The Bertz CT molecular complexity index is 2400.